The maximum Gasteiger partial charge on any atom is 0.322 e. The van der Waals surface area contributed by atoms with Crippen molar-refractivity contribution < 1.29 is 70.5 Å². The second-order valence-corrected chi connectivity index (χ2v) is 21.5. The van der Waals surface area contributed by atoms with Crippen molar-refractivity contribution in [2.75, 3.05) is 26.8 Å². The van der Waals surface area contributed by atoms with Crippen LogP contribution in [0.3, 0.4) is 0 Å². The molecule has 0 bridgehead atoms. The molecule has 0 saturated carbocycles. The number of rotatable bonds is 40. The quantitative estimate of drug-likeness (QED) is 0.00686. The number of amides is 8. The molecule has 0 fully saturated rings. The average Bonchev–Trinajstić information content (AvgIpc) is 3.47. The molecular weight excluding hydrogens is 1150 g/mol. The van der Waals surface area contributed by atoms with Crippen molar-refractivity contribution >= 4 is 56.5 Å². The second-order valence-electron chi connectivity index (χ2n) is 20.4. The Bertz CT molecular complexity index is 2970. The maximum absolute atomic E-state index is 13.6. The Kier molecular flexibility index (Phi) is 28.8. The summed E-state index contributed by atoms with van der Waals surface area (Å²) in [6.07, 6.45) is 8.38. The van der Waals surface area contributed by atoms with Gasteiger partial charge in [-0.15, -0.1) is 0 Å². The summed E-state index contributed by atoms with van der Waals surface area (Å²) in [7, 11) is -3.16. The lowest BCUT2D eigenvalue weighted by atomic mass is 9.90. The second kappa shape index (κ2) is 37.1. The molecule has 24 heteroatoms. The predicted octanol–water partition coefficient (Wildman–Crippen LogP) is 9.44. The van der Waals surface area contributed by atoms with E-state index in [0.29, 0.717) is 61.2 Å². The molecule has 0 unspecified atom stereocenters. The molecule has 6 N–H and O–H groups in total. The highest BCUT2D eigenvalue weighted by atomic mass is 31.1. The summed E-state index contributed by atoms with van der Waals surface area (Å²) < 4.78 is 34.3. The lowest BCUT2D eigenvalue weighted by molar-refractivity contribution is -0.200. The van der Waals surface area contributed by atoms with Crippen LogP contribution in [0.4, 0.5) is 0 Å². The highest BCUT2D eigenvalue weighted by molar-refractivity contribution is 7.33. The molecule has 2 heterocycles. The SMILES string of the molecule is CCCCC[C@@H](C(=O)NCNC(=O)c1ccc(-c2ccc(C(=O)NCO[PH](=O)OCNC(=O)c3ccc(-c4ccc(C(=O)NCNC(=O)[C@H](CCCCC)[C@@H](CC)N(C=O)OCc5ccccc5)o4)cc3)cc2)o1)[C@@H](CC)N(C=O)OCc1ccccc1. The molecule has 6 rings (SSSR count). The van der Waals surface area contributed by atoms with E-state index in [4.69, 9.17) is 27.6 Å². The number of benzene rings is 4. The van der Waals surface area contributed by atoms with Gasteiger partial charge >= 0.3 is 8.25 Å². The molecular formula is C64H79N8O15P. The molecule has 0 radical (unpaired) electrons. The molecule has 0 aliphatic rings. The fraction of sp³-hybridized carbons (Fsp3) is 0.375. The number of hydrogen-bond acceptors (Lipinski definition) is 15. The van der Waals surface area contributed by atoms with Crippen molar-refractivity contribution in [1.29, 1.82) is 0 Å². The number of nitrogens with one attached hydrogen (secondary N) is 6. The minimum atomic E-state index is -3.16. The van der Waals surface area contributed by atoms with Gasteiger partial charge in [-0.1, -0.05) is 151 Å². The van der Waals surface area contributed by atoms with Crippen molar-refractivity contribution in [2.45, 2.75) is 117 Å². The van der Waals surface area contributed by atoms with E-state index in [-0.39, 0.29) is 61.0 Å². The lowest BCUT2D eigenvalue weighted by Crippen LogP contribution is -2.48. The van der Waals surface area contributed by atoms with Crippen LogP contribution in [0, 0.1) is 11.8 Å². The van der Waals surface area contributed by atoms with Gasteiger partial charge in [0.1, 0.15) is 38.2 Å². The molecule has 0 aliphatic carbocycles. The van der Waals surface area contributed by atoms with Crippen molar-refractivity contribution in [3.63, 3.8) is 0 Å². The Balaban J connectivity index is 0.877. The summed E-state index contributed by atoms with van der Waals surface area (Å²) in [5.74, 6) is -3.48. The minimum Gasteiger partial charge on any atom is -0.451 e. The normalized spacial score (nSPS) is 12.4. The number of nitrogens with zero attached hydrogens (tertiary/aromatic N) is 2. The summed E-state index contributed by atoms with van der Waals surface area (Å²) in [6.45, 7) is 6.88. The number of hydrogen-bond donors (Lipinski definition) is 6. The molecule has 0 aliphatic heterocycles. The topological polar surface area (TPSA) is 295 Å². The zero-order valence-corrected chi connectivity index (χ0v) is 51.0. The first-order chi connectivity index (χ1) is 42.8. The predicted molar refractivity (Wildman–Crippen MR) is 327 cm³/mol. The van der Waals surface area contributed by atoms with Crippen LogP contribution in [0.25, 0.3) is 22.6 Å². The van der Waals surface area contributed by atoms with Gasteiger partial charge in [-0.2, -0.15) is 0 Å². The molecule has 88 heavy (non-hydrogen) atoms. The molecule has 2 aromatic heterocycles. The largest absolute Gasteiger partial charge is 0.451 e. The third-order valence-electron chi connectivity index (χ3n) is 14.4. The maximum atomic E-state index is 13.6. The molecule has 0 saturated heterocycles. The number of hydroxylamine groups is 4. The van der Waals surface area contributed by atoms with E-state index in [9.17, 15) is 42.9 Å². The van der Waals surface area contributed by atoms with E-state index < -0.39 is 69.3 Å². The minimum absolute atomic E-state index is 0.0172. The van der Waals surface area contributed by atoms with Crippen LogP contribution < -0.4 is 31.9 Å². The first-order valence-corrected chi connectivity index (χ1v) is 30.7. The van der Waals surface area contributed by atoms with Gasteiger partial charge in [0.05, 0.1) is 37.3 Å². The third-order valence-corrected chi connectivity index (χ3v) is 15.1. The average molecular weight is 1230 g/mol. The standard InChI is InChI=1S/C64H79N8O15P/c1-5-9-13-23-51(53(7-3)71(43-73)82-37-45-19-15-11-16-20-45)61(77)65-39-67-63(79)57-35-33-55(86-57)47-25-29-49(30-26-47)59(75)69-41-84-88(81)85-42-70-60(76)50-31-27-48(28-32-50)56-34-36-58(87-56)64(80)68-40-66-62(78)52(24-14-10-6-2)54(8-4)72(44-74)83-38-46-21-17-12-18-22-46/h11-12,15-22,25-36,43-44,51-54,88H,5-10,13-14,23-24,37-42H2,1-4H3,(H,65,77)(H,66,78)(H,67,79)(H,68,80)(H,69,75)(H,70,76)/t51-,52-,53-,54-/m1/s1. The molecule has 4 atom stereocenters. The number of carbonyl (C=O) groups is 8. The smallest absolute Gasteiger partial charge is 0.322 e. The zero-order valence-electron chi connectivity index (χ0n) is 50.0. The van der Waals surface area contributed by atoms with Crippen molar-refractivity contribution in [1.82, 2.24) is 42.0 Å². The van der Waals surface area contributed by atoms with Gasteiger partial charge in [-0.05, 0) is 85.3 Å². The van der Waals surface area contributed by atoms with Gasteiger partial charge in [-0.25, -0.2) is 10.1 Å². The number of furan rings is 2. The van der Waals surface area contributed by atoms with Crippen LogP contribution in [0.1, 0.15) is 145 Å². The Morgan fingerprint density at radius 3 is 1.22 bits per heavy atom. The van der Waals surface area contributed by atoms with Crippen molar-refractivity contribution in [2.24, 2.45) is 11.8 Å². The number of unbranched alkanes of at least 4 members (excludes halogenated alkanes) is 4. The van der Waals surface area contributed by atoms with E-state index in [2.05, 4.69) is 45.7 Å². The van der Waals surface area contributed by atoms with Gasteiger partial charge < -0.3 is 40.7 Å². The molecule has 8 amide bonds. The van der Waals surface area contributed by atoms with E-state index in [0.717, 1.165) is 49.7 Å². The molecule has 0 spiro atoms. The molecule has 23 nitrogen and oxygen atoms in total. The van der Waals surface area contributed by atoms with Crippen LogP contribution >= 0.6 is 8.25 Å². The Morgan fingerprint density at radius 1 is 0.477 bits per heavy atom. The van der Waals surface area contributed by atoms with Gasteiger partial charge in [0, 0.05) is 22.3 Å². The third kappa shape index (κ3) is 21.3. The first kappa shape index (κ1) is 68.4. The highest BCUT2D eigenvalue weighted by Gasteiger charge is 2.34. The van der Waals surface area contributed by atoms with E-state index in [1.54, 1.807) is 36.4 Å². The first-order valence-electron chi connectivity index (χ1n) is 29.5. The molecule has 470 valence electrons. The monoisotopic (exact) mass is 1230 g/mol. The van der Waals surface area contributed by atoms with Crippen LogP contribution in [-0.2, 0) is 55.7 Å². The summed E-state index contributed by atoms with van der Waals surface area (Å²) in [6, 6.07) is 36.4. The van der Waals surface area contributed by atoms with Crippen molar-refractivity contribution in [3.05, 3.63) is 167 Å². The molecule has 4 aromatic carbocycles. The van der Waals surface area contributed by atoms with E-state index in [1.165, 1.54) is 46.5 Å². The van der Waals surface area contributed by atoms with Gasteiger partial charge in [-0.3, -0.25) is 61.6 Å². The van der Waals surface area contributed by atoms with Crippen LogP contribution in [0.15, 0.2) is 142 Å². The lowest BCUT2D eigenvalue weighted by Gasteiger charge is -2.32. The Labute approximate surface area is 512 Å². The van der Waals surface area contributed by atoms with Crippen LogP contribution in [0.2, 0.25) is 0 Å². The number of carbonyl (C=O) groups excluding carboxylic acids is 8. The van der Waals surface area contributed by atoms with E-state index in [1.807, 2.05) is 74.5 Å². The van der Waals surface area contributed by atoms with E-state index >= 15 is 0 Å². The summed E-state index contributed by atoms with van der Waals surface area (Å²) >= 11 is 0. The Morgan fingerprint density at radius 2 is 0.864 bits per heavy atom. The summed E-state index contributed by atoms with van der Waals surface area (Å²) in [5.41, 5.74) is 3.33. The Hall–Kier alpha value is -8.73. The van der Waals surface area contributed by atoms with Crippen molar-refractivity contribution in [3.8, 4) is 22.6 Å². The van der Waals surface area contributed by atoms with Crippen LogP contribution in [0.5, 0.6) is 0 Å². The fourth-order valence-electron chi connectivity index (χ4n) is 9.59. The zero-order chi connectivity index (χ0) is 63.0. The van der Waals surface area contributed by atoms with Crippen LogP contribution in [-0.4, -0.2) is 97.3 Å². The van der Waals surface area contributed by atoms with Gasteiger partial charge in [0.2, 0.25) is 24.6 Å². The summed E-state index contributed by atoms with van der Waals surface area (Å²) in [4.78, 5) is 115. The highest BCUT2D eigenvalue weighted by Crippen LogP contribution is 2.28. The molecule has 6 aromatic rings. The van der Waals surface area contributed by atoms with Gasteiger partial charge in [0.15, 0.2) is 11.5 Å². The summed E-state index contributed by atoms with van der Waals surface area (Å²) in [5, 5.41) is 18.3. The van der Waals surface area contributed by atoms with Gasteiger partial charge in [0.25, 0.3) is 23.6 Å². The fourth-order valence-corrected chi connectivity index (χ4v) is 10.1.